The zero-order valence-electron chi connectivity index (χ0n) is 12.2. The van der Waals surface area contributed by atoms with Crippen molar-refractivity contribution in [1.29, 1.82) is 0 Å². The standard InChI is InChI=1S/C16H26N2O/c1-3-17-16(2,13-19)9-11-18-10-8-14-6-4-5-7-15(14)12-18/h4-7,17,19H,3,8-13H2,1-2H3. The maximum absolute atomic E-state index is 9.52. The predicted octanol–water partition coefficient (Wildman–Crippen LogP) is 1.80. The Kier molecular flexibility index (Phi) is 4.97. The van der Waals surface area contributed by atoms with E-state index in [1.54, 1.807) is 0 Å². The van der Waals surface area contributed by atoms with Crippen LogP contribution < -0.4 is 5.32 Å². The number of likely N-dealkylation sites (N-methyl/N-ethyl adjacent to an activating group) is 1. The van der Waals surface area contributed by atoms with Gasteiger partial charge in [0.1, 0.15) is 0 Å². The lowest BCUT2D eigenvalue weighted by Gasteiger charge is -2.34. The molecule has 2 N–H and O–H groups in total. The van der Waals surface area contributed by atoms with Crippen LogP contribution in [0.25, 0.3) is 0 Å². The number of benzene rings is 1. The van der Waals surface area contributed by atoms with E-state index < -0.39 is 0 Å². The minimum Gasteiger partial charge on any atom is -0.394 e. The first-order chi connectivity index (χ1) is 9.17. The second-order valence-electron chi connectivity index (χ2n) is 5.79. The SMILES string of the molecule is CCNC(C)(CO)CCN1CCc2ccccc2C1. The van der Waals surface area contributed by atoms with Gasteiger partial charge in [-0.15, -0.1) is 0 Å². The summed E-state index contributed by atoms with van der Waals surface area (Å²) in [6.07, 6.45) is 2.13. The van der Waals surface area contributed by atoms with Crippen LogP contribution in [0.4, 0.5) is 0 Å². The van der Waals surface area contributed by atoms with Crippen molar-refractivity contribution in [2.75, 3.05) is 26.2 Å². The number of aliphatic hydroxyl groups is 1. The normalized spacial score (nSPS) is 18.9. The van der Waals surface area contributed by atoms with E-state index in [1.165, 1.54) is 11.1 Å². The average molecular weight is 262 g/mol. The fourth-order valence-electron chi connectivity index (χ4n) is 2.80. The first-order valence-electron chi connectivity index (χ1n) is 7.32. The van der Waals surface area contributed by atoms with Gasteiger partial charge in [-0.1, -0.05) is 31.2 Å². The molecule has 1 aromatic carbocycles. The van der Waals surface area contributed by atoms with Gasteiger partial charge < -0.3 is 10.4 Å². The van der Waals surface area contributed by atoms with E-state index in [0.29, 0.717) is 0 Å². The summed E-state index contributed by atoms with van der Waals surface area (Å²) in [6, 6.07) is 8.72. The van der Waals surface area contributed by atoms with Crippen molar-refractivity contribution in [3.63, 3.8) is 0 Å². The molecule has 1 aliphatic rings. The average Bonchev–Trinajstić information content (AvgIpc) is 2.45. The summed E-state index contributed by atoms with van der Waals surface area (Å²) >= 11 is 0. The summed E-state index contributed by atoms with van der Waals surface area (Å²) < 4.78 is 0. The Balaban J connectivity index is 1.88. The van der Waals surface area contributed by atoms with Gasteiger partial charge in [-0.25, -0.2) is 0 Å². The van der Waals surface area contributed by atoms with Crippen molar-refractivity contribution in [2.45, 2.75) is 38.8 Å². The van der Waals surface area contributed by atoms with Crippen molar-refractivity contribution < 1.29 is 5.11 Å². The fraction of sp³-hybridized carbons (Fsp3) is 0.625. The van der Waals surface area contributed by atoms with Gasteiger partial charge in [-0.2, -0.15) is 0 Å². The van der Waals surface area contributed by atoms with E-state index in [2.05, 4.69) is 48.3 Å². The summed E-state index contributed by atoms with van der Waals surface area (Å²) in [5, 5.41) is 12.9. The number of rotatable bonds is 6. The first-order valence-corrected chi connectivity index (χ1v) is 7.32. The Hall–Kier alpha value is -0.900. The molecule has 2 rings (SSSR count). The Labute approximate surface area is 116 Å². The van der Waals surface area contributed by atoms with Gasteiger partial charge >= 0.3 is 0 Å². The molecule has 1 atom stereocenters. The van der Waals surface area contributed by atoms with Crippen molar-refractivity contribution in [2.24, 2.45) is 0 Å². The molecule has 3 heteroatoms. The molecule has 0 spiro atoms. The molecule has 0 aliphatic carbocycles. The number of nitrogens with zero attached hydrogens (tertiary/aromatic N) is 1. The van der Waals surface area contributed by atoms with Gasteiger partial charge in [-0.3, -0.25) is 4.90 Å². The number of hydrogen-bond donors (Lipinski definition) is 2. The molecule has 0 amide bonds. The summed E-state index contributed by atoms with van der Waals surface area (Å²) in [5.41, 5.74) is 2.81. The van der Waals surface area contributed by atoms with Crippen LogP contribution in [0.15, 0.2) is 24.3 Å². The molecule has 0 saturated heterocycles. The summed E-state index contributed by atoms with van der Waals surface area (Å²) in [5.74, 6) is 0. The molecule has 0 aromatic heterocycles. The van der Waals surface area contributed by atoms with Crippen LogP contribution in [-0.4, -0.2) is 41.8 Å². The monoisotopic (exact) mass is 262 g/mol. The third-order valence-electron chi connectivity index (χ3n) is 4.14. The lowest BCUT2D eigenvalue weighted by atomic mass is 9.96. The van der Waals surface area contributed by atoms with Gasteiger partial charge in [0, 0.05) is 25.2 Å². The van der Waals surface area contributed by atoms with Crippen LogP contribution in [0.3, 0.4) is 0 Å². The molecule has 1 heterocycles. The molecule has 0 fully saturated rings. The smallest absolute Gasteiger partial charge is 0.0611 e. The second-order valence-corrected chi connectivity index (χ2v) is 5.79. The van der Waals surface area contributed by atoms with E-state index in [9.17, 15) is 5.11 Å². The first kappa shape index (κ1) is 14.5. The Morgan fingerprint density at radius 2 is 2.05 bits per heavy atom. The molecule has 3 nitrogen and oxygen atoms in total. The Bertz CT molecular complexity index is 407. The highest BCUT2D eigenvalue weighted by atomic mass is 16.3. The molecular weight excluding hydrogens is 236 g/mol. The summed E-state index contributed by atoms with van der Waals surface area (Å²) in [4.78, 5) is 2.49. The van der Waals surface area contributed by atoms with Crippen molar-refractivity contribution in [3.8, 4) is 0 Å². The highest BCUT2D eigenvalue weighted by molar-refractivity contribution is 5.29. The molecule has 0 radical (unpaired) electrons. The molecule has 0 saturated carbocycles. The summed E-state index contributed by atoms with van der Waals surface area (Å²) in [6.45, 7) is 8.51. The predicted molar refractivity (Wildman–Crippen MR) is 79.2 cm³/mol. The van der Waals surface area contributed by atoms with Crippen LogP contribution in [0, 0.1) is 0 Å². The lowest BCUT2D eigenvalue weighted by molar-refractivity contribution is 0.142. The lowest BCUT2D eigenvalue weighted by Crippen LogP contribution is -2.48. The molecule has 106 valence electrons. The minimum atomic E-state index is -0.147. The van der Waals surface area contributed by atoms with Crippen LogP contribution >= 0.6 is 0 Å². The molecule has 19 heavy (non-hydrogen) atoms. The molecule has 1 unspecified atom stereocenters. The highest BCUT2D eigenvalue weighted by Crippen LogP contribution is 2.20. The number of nitrogens with one attached hydrogen (secondary N) is 1. The topological polar surface area (TPSA) is 35.5 Å². The van der Waals surface area contributed by atoms with Gasteiger partial charge in [0.25, 0.3) is 0 Å². The van der Waals surface area contributed by atoms with Crippen molar-refractivity contribution in [1.82, 2.24) is 10.2 Å². The van der Waals surface area contributed by atoms with Gasteiger partial charge in [-0.05, 0) is 37.4 Å². The maximum Gasteiger partial charge on any atom is 0.0611 e. The third kappa shape index (κ3) is 3.78. The Morgan fingerprint density at radius 3 is 2.74 bits per heavy atom. The summed E-state index contributed by atoms with van der Waals surface area (Å²) in [7, 11) is 0. The van der Waals surface area contributed by atoms with Crippen LogP contribution in [0.2, 0.25) is 0 Å². The third-order valence-corrected chi connectivity index (χ3v) is 4.14. The van der Waals surface area contributed by atoms with E-state index in [-0.39, 0.29) is 12.1 Å². The van der Waals surface area contributed by atoms with E-state index >= 15 is 0 Å². The van der Waals surface area contributed by atoms with E-state index in [1.807, 2.05) is 0 Å². The molecule has 1 aromatic rings. The zero-order valence-corrected chi connectivity index (χ0v) is 12.2. The number of hydrogen-bond acceptors (Lipinski definition) is 3. The quantitative estimate of drug-likeness (QED) is 0.820. The Morgan fingerprint density at radius 1 is 1.32 bits per heavy atom. The van der Waals surface area contributed by atoms with Crippen LogP contribution in [0.5, 0.6) is 0 Å². The fourth-order valence-corrected chi connectivity index (χ4v) is 2.80. The molecule has 0 bridgehead atoms. The second kappa shape index (κ2) is 6.51. The highest BCUT2D eigenvalue weighted by Gasteiger charge is 2.24. The van der Waals surface area contributed by atoms with Crippen LogP contribution in [-0.2, 0) is 13.0 Å². The van der Waals surface area contributed by atoms with Gasteiger partial charge in [0.15, 0.2) is 0 Å². The number of fused-ring (bicyclic) bond motifs is 1. The number of aliphatic hydroxyl groups excluding tert-OH is 1. The largest absolute Gasteiger partial charge is 0.394 e. The molecular formula is C16H26N2O. The molecule has 1 aliphatic heterocycles. The maximum atomic E-state index is 9.52. The van der Waals surface area contributed by atoms with Gasteiger partial charge in [0.05, 0.1) is 6.61 Å². The van der Waals surface area contributed by atoms with Crippen molar-refractivity contribution in [3.05, 3.63) is 35.4 Å². The van der Waals surface area contributed by atoms with Crippen molar-refractivity contribution >= 4 is 0 Å². The van der Waals surface area contributed by atoms with Gasteiger partial charge in [0.2, 0.25) is 0 Å². The van der Waals surface area contributed by atoms with E-state index in [4.69, 9.17) is 0 Å². The zero-order chi connectivity index (χ0) is 13.7. The van der Waals surface area contributed by atoms with E-state index in [0.717, 1.165) is 39.0 Å². The minimum absolute atomic E-state index is 0.147. The van der Waals surface area contributed by atoms with Crippen LogP contribution in [0.1, 0.15) is 31.4 Å².